The van der Waals surface area contributed by atoms with Crippen LogP contribution in [0.4, 0.5) is 5.69 Å². The number of carboxylic acids is 1. The molecule has 104 valence electrons. The van der Waals surface area contributed by atoms with Crippen LogP contribution in [0, 0.1) is 10.1 Å². The molecule has 0 spiro atoms. The molecule has 2 aromatic rings. The average molecular weight is 275 g/mol. The van der Waals surface area contributed by atoms with Gasteiger partial charge in [0, 0.05) is 17.8 Å². The van der Waals surface area contributed by atoms with Crippen LogP contribution in [0.25, 0.3) is 5.69 Å². The molecule has 0 aliphatic rings. The minimum atomic E-state index is -1.12. The van der Waals surface area contributed by atoms with Gasteiger partial charge in [-0.15, -0.1) is 0 Å². The molecule has 1 aromatic carbocycles. The van der Waals surface area contributed by atoms with Gasteiger partial charge in [0.1, 0.15) is 0 Å². The number of aromatic carboxylic acids is 1. The van der Waals surface area contributed by atoms with Gasteiger partial charge in [0.2, 0.25) is 0 Å². The number of hydrogen-bond acceptors (Lipinski definition) is 4. The van der Waals surface area contributed by atoms with Crippen molar-refractivity contribution in [3.63, 3.8) is 0 Å². The summed E-state index contributed by atoms with van der Waals surface area (Å²) in [5, 5.41) is 23.8. The van der Waals surface area contributed by atoms with Gasteiger partial charge in [-0.1, -0.05) is 19.4 Å². The zero-order chi connectivity index (χ0) is 14.7. The highest BCUT2D eigenvalue weighted by Gasteiger charge is 2.15. The second kappa shape index (κ2) is 5.52. The van der Waals surface area contributed by atoms with Crippen LogP contribution in [0.2, 0.25) is 0 Å². The molecule has 0 unspecified atom stereocenters. The van der Waals surface area contributed by atoms with E-state index >= 15 is 0 Å². The first-order valence-corrected chi connectivity index (χ1v) is 6.10. The van der Waals surface area contributed by atoms with Crippen molar-refractivity contribution in [2.24, 2.45) is 0 Å². The van der Waals surface area contributed by atoms with Crippen molar-refractivity contribution in [1.29, 1.82) is 0 Å². The topological polar surface area (TPSA) is 98.3 Å². The van der Waals surface area contributed by atoms with Crippen LogP contribution in [0.3, 0.4) is 0 Å². The van der Waals surface area contributed by atoms with Crippen molar-refractivity contribution in [3.8, 4) is 5.69 Å². The molecule has 7 nitrogen and oxygen atoms in total. The summed E-state index contributed by atoms with van der Waals surface area (Å²) in [4.78, 5) is 21.3. The Hall–Kier alpha value is -2.70. The Morgan fingerprint density at radius 3 is 2.80 bits per heavy atom. The van der Waals surface area contributed by atoms with Gasteiger partial charge in [-0.05, 0) is 18.6 Å². The van der Waals surface area contributed by atoms with Gasteiger partial charge in [-0.25, -0.2) is 9.48 Å². The summed E-state index contributed by atoms with van der Waals surface area (Å²) < 4.78 is 1.44. The Kier molecular flexibility index (Phi) is 3.79. The normalized spacial score (nSPS) is 10.4. The number of benzene rings is 1. The molecule has 0 saturated heterocycles. The summed E-state index contributed by atoms with van der Waals surface area (Å²) in [6.45, 7) is 1.96. The number of non-ortho nitro benzene ring substituents is 1. The van der Waals surface area contributed by atoms with Gasteiger partial charge < -0.3 is 5.11 Å². The van der Waals surface area contributed by atoms with E-state index in [9.17, 15) is 14.9 Å². The number of nitrogens with zero attached hydrogens (tertiary/aromatic N) is 3. The van der Waals surface area contributed by atoms with Gasteiger partial charge in [-0.3, -0.25) is 10.1 Å². The van der Waals surface area contributed by atoms with E-state index in [1.54, 1.807) is 12.1 Å². The number of carbonyl (C=O) groups is 1. The fourth-order valence-electron chi connectivity index (χ4n) is 1.92. The van der Waals surface area contributed by atoms with Gasteiger partial charge >= 0.3 is 5.97 Å². The Morgan fingerprint density at radius 2 is 2.20 bits per heavy atom. The Balaban J connectivity index is 2.52. The van der Waals surface area contributed by atoms with Crippen molar-refractivity contribution in [1.82, 2.24) is 9.78 Å². The quantitative estimate of drug-likeness (QED) is 0.667. The summed E-state index contributed by atoms with van der Waals surface area (Å²) in [6, 6.07) is 7.45. The molecule has 0 bridgehead atoms. The summed E-state index contributed by atoms with van der Waals surface area (Å²) >= 11 is 0. The van der Waals surface area contributed by atoms with Crippen LogP contribution in [0.5, 0.6) is 0 Å². The first kappa shape index (κ1) is 13.7. The smallest absolute Gasteiger partial charge is 0.356 e. The summed E-state index contributed by atoms with van der Waals surface area (Å²) in [5.41, 5.74) is 1.07. The van der Waals surface area contributed by atoms with Gasteiger partial charge in [0.25, 0.3) is 5.69 Å². The van der Waals surface area contributed by atoms with E-state index in [1.807, 2.05) is 6.92 Å². The third-order valence-corrected chi connectivity index (χ3v) is 2.79. The second-order valence-electron chi connectivity index (χ2n) is 4.26. The molecule has 1 N–H and O–H groups in total. The second-order valence-corrected chi connectivity index (χ2v) is 4.26. The fraction of sp³-hybridized carbons (Fsp3) is 0.231. The zero-order valence-electron chi connectivity index (χ0n) is 10.8. The third-order valence-electron chi connectivity index (χ3n) is 2.79. The third kappa shape index (κ3) is 2.66. The average Bonchev–Trinajstić information content (AvgIpc) is 2.83. The number of carboxylic acid groups (broad SMARTS) is 1. The Bertz CT molecular complexity index is 663. The maximum Gasteiger partial charge on any atom is 0.356 e. The monoisotopic (exact) mass is 275 g/mol. The number of aryl methyl sites for hydroxylation is 1. The lowest BCUT2D eigenvalue weighted by molar-refractivity contribution is -0.384. The van der Waals surface area contributed by atoms with Crippen LogP contribution >= 0.6 is 0 Å². The zero-order valence-corrected chi connectivity index (χ0v) is 10.8. The van der Waals surface area contributed by atoms with Crippen molar-refractivity contribution in [2.45, 2.75) is 19.8 Å². The van der Waals surface area contributed by atoms with E-state index in [0.29, 0.717) is 17.8 Å². The summed E-state index contributed by atoms with van der Waals surface area (Å²) in [7, 11) is 0. The molecular weight excluding hydrogens is 262 g/mol. The Labute approximate surface area is 114 Å². The molecular formula is C13H13N3O4. The van der Waals surface area contributed by atoms with E-state index in [2.05, 4.69) is 5.10 Å². The van der Waals surface area contributed by atoms with Gasteiger partial charge in [0.15, 0.2) is 5.69 Å². The maximum atomic E-state index is 11.0. The lowest BCUT2D eigenvalue weighted by Crippen LogP contribution is -2.04. The van der Waals surface area contributed by atoms with Crippen LogP contribution < -0.4 is 0 Å². The molecule has 0 atom stereocenters. The lowest BCUT2D eigenvalue weighted by Gasteiger charge is -2.06. The highest BCUT2D eigenvalue weighted by Crippen LogP contribution is 2.19. The SMILES string of the molecule is CCCc1cc(C(=O)O)nn1-c1cccc([N+](=O)[O-])c1. The van der Waals surface area contributed by atoms with E-state index in [0.717, 1.165) is 6.42 Å². The number of hydrogen-bond donors (Lipinski definition) is 1. The van der Waals surface area contributed by atoms with Crippen molar-refractivity contribution in [2.75, 3.05) is 0 Å². The molecule has 1 heterocycles. The highest BCUT2D eigenvalue weighted by atomic mass is 16.6. The molecule has 0 aliphatic carbocycles. The van der Waals surface area contributed by atoms with E-state index in [4.69, 9.17) is 5.11 Å². The lowest BCUT2D eigenvalue weighted by atomic mass is 10.2. The summed E-state index contributed by atoms with van der Waals surface area (Å²) in [5.74, 6) is -1.12. The summed E-state index contributed by atoms with van der Waals surface area (Å²) in [6.07, 6.45) is 1.46. The molecule has 0 radical (unpaired) electrons. The first-order valence-electron chi connectivity index (χ1n) is 6.10. The van der Waals surface area contributed by atoms with Crippen LogP contribution in [-0.4, -0.2) is 25.8 Å². The van der Waals surface area contributed by atoms with Crippen LogP contribution in [0.15, 0.2) is 30.3 Å². The molecule has 2 rings (SSSR count). The predicted octanol–water partition coefficient (Wildman–Crippen LogP) is 2.43. The predicted molar refractivity (Wildman–Crippen MR) is 71.2 cm³/mol. The minimum Gasteiger partial charge on any atom is -0.476 e. The Morgan fingerprint density at radius 1 is 1.45 bits per heavy atom. The van der Waals surface area contributed by atoms with Crippen molar-refractivity contribution < 1.29 is 14.8 Å². The van der Waals surface area contributed by atoms with Crippen LogP contribution in [0.1, 0.15) is 29.5 Å². The minimum absolute atomic E-state index is 0.0580. The van der Waals surface area contributed by atoms with Crippen molar-refractivity contribution >= 4 is 11.7 Å². The largest absolute Gasteiger partial charge is 0.476 e. The van der Waals surface area contributed by atoms with Crippen molar-refractivity contribution in [3.05, 3.63) is 51.8 Å². The highest BCUT2D eigenvalue weighted by molar-refractivity contribution is 5.85. The first-order chi connectivity index (χ1) is 9.52. The van der Waals surface area contributed by atoms with E-state index in [1.165, 1.54) is 22.9 Å². The fourth-order valence-corrected chi connectivity index (χ4v) is 1.92. The standard InChI is InChI=1S/C13H13N3O4/c1-2-4-9-8-12(13(17)18)14-15(9)10-5-3-6-11(7-10)16(19)20/h3,5-8H,2,4H2,1H3,(H,17,18). The van der Waals surface area contributed by atoms with E-state index < -0.39 is 10.9 Å². The molecule has 1 aromatic heterocycles. The van der Waals surface area contributed by atoms with E-state index in [-0.39, 0.29) is 11.4 Å². The number of rotatable bonds is 5. The molecule has 0 fully saturated rings. The van der Waals surface area contributed by atoms with Crippen LogP contribution in [-0.2, 0) is 6.42 Å². The number of aromatic nitrogens is 2. The molecule has 7 heteroatoms. The molecule has 0 amide bonds. The molecule has 0 aliphatic heterocycles. The molecule has 20 heavy (non-hydrogen) atoms. The number of nitro groups is 1. The number of nitro benzene ring substituents is 1. The molecule has 0 saturated carbocycles. The van der Waals surface area contributed by atoms with Gasteiger partial charge in [0.05, 0.1) is 10.6 Å². The van der Waals surface area contributed by atoms with Gasteiger partial charge in [-0.2, -0.15) is 5.10 Å². The maximum absolute atomic E-state index is 11.0.